The molecule has 8 heteroatoms. The summed E-state index contributed by atoms with van der Waals surface area (Å²) in [5.74, 6) is 0.292. The molecule has 1 aliphatic rings. The third-order valence-corrected chi connectivity index (χ3v) is 5.98. The first-order valence-electron chi connectivity index (χ1n) is 7.20. The van der Waals surface area contributed by atoms with E-state index >= 15 is 0 Å². The van der Waals surface area contributed by atoms with Crippen LogP contribution in [0.2, 0.25) is 10.0 Å². The lowest BCUT2D eigenvalue weighted by atomic mass is 9.99. The first-order valence-corrected chi connectivity index (χ1v) is 9.44. The summed E-state index contributed by atoms with van der Waals surface area (Å²) < 4.78 is 26.9. The minimum absolute atomic E-state index is 0.105. The molecule has 1 heterocycles. The van der Waals surface area contributed by atoms with Gasteiger partial charge in [0, 0.05) is 26.2 Å². The largest absolute Gasteiger partial charge is 0.396 e. The highest BCUT2D eigenvalue weighted by Crippen LogP contribution is 2.24. The van der Waals surface area contributed by atoms with Crippen molar-refractivity contribution in [2.45, 2.75) is 17.7 Å². The summed E-state index contributed by atoms with van der Waals surface area (Å²) in [4.78, 5) is 2.27. The van der Waals surface area contributed by atoms with Crippen molar-refractivity contribution in [1.29, 1.82) is 0 Å². The molecule has 2 N–H and O–H groups in total. The number of sulfonamides is 1. The summed E-state index contributed by atoms with van der Waals surface area (Å²) in [5, 5.41) is 9.74. The van der Waals surface area contributed by atoms with Crippen molar-refractivity contribution < 1.29 is 13.5 Å². The molecule has 1 aromatic rings. The maximum Gasteiger partial charge on any atom is 0.240 e. The average Bonchev–Trinajstić information content (AvgIpc) is 2.50. The van der Waals surface area contributed by atoms with Crippen molar-refractivity contribution in [3.63, 3.8) is 0 Å². The lowest BCUT2D eigenvalue weighted by molar-refractivity contribution is 0.122. The van der Waals surface area contributed by atoms with Crippen molar-refractivity contribution in [3.05, 3.63) is 28.2 Å². The van der Waals surface area contributed by atoms with E-state index in [0.29, 0.717) is 24.0 Å². The predicted molar refractivity (Wildman–Crippen MR) is 87.9 cm³/mol. The Labute approximate surface area is 141 Å². The third kappa shape index (κ3) is 4.81. The number of piperidine rings is 1. The Hall–Kier alpha value is -0.370. The minimum atomic E-state index is -3.59. The molecule has 0 bridgehead atoms. The highest BCUT2D eigenvalue weighted by molar-refractivity contribution is 7.89. The maximum absolute atomic E-state index is 12.2. The van der Waals surface area contributed by atoms with Gasteiger partial charge >= 0.3 is 0 Å². The molecule has 1 fully saturated rings. The Balaban J connectivity index is 1.88. The molecule has 1 aromatic carbocycles. The van der Waals surface area contributed by atoms with Crippen LogP contribution in [-0.2, 0) is 10.0 Å². The van der Waals surface area contributed by atoms with Crippen LogP contribution >= 0.6 is 23.2 Å². The van der Waals surface area contributed by atoms with Crippen molar-refractivity contribution in [2.75, 3.05) is 32.8 Å². The van der Waals surface area contributed by atoms with Crippen LogP contribution in [0.15, 0.2) is 23.1 Å². The Bertz CT molecular complexity index is 610. The smallest absolute Gasteiger partial charge is 0.240 e. The summed E-state index contributed by atoms with van der Waals surface area (Å²) >= 11 is 11.6. The van der Waals surface area contributed by atoms with Crippen molar-refractivity contribution in [1.82, 2.24) is 9.62 Å². The van der Waals surface area contributed by atoms with Crippen LogP contribution in [-0.4, -0.2) is 51.2 Å². The van der Waals surface area contributed by atoms with E-state index in [-0.39, 0.29) is 16.5 Å². The van der Waals surface area contributed by atoms with E-state index in [9.17, 15) is 13.5 Å². The minimum Gasteiger partial charge on any atom is -0.396 e. The first kappa shape index (κ1) is 18.0. The van der Waals surface area contributed by atoms with Crippen LogP contribution < -0.4 is 4.72 Å². The summed E-state index contributed by atoms with van der Waals surface area (Å²) in [7, 11) is -3.59. The number of nitrogens with zero attached hydrogens (tertiary/aromatic N) is 1. The van der Waals surface area contributed by atoms with Crippen molar-refractivity contribution in [2.24, 2.45) is 5.92 Å². The quantitative estimate of drug-likeness (QED) is 0.807. The standard InChI is InChI=1S/C14H20Cl2N2O3S/c15-13-4-3-12(8-14(13)16)22(20,21)17-5-7-18-6-1-2-11(9-18)10-19/h3-4,8,11,17,19H,1-2,5-7,9-10H2/t11-/m1/s1. The van der Waals surface area contributed by atoms with E-state index in [4.69, 9.17) is 23.2 Å². The van der Waals surface area contributed by atoms with Gasteiger partial charge < -0.3 is 10.0 Å². The molecule has 0 amide bonds. The second kappa shape index (κ2) is 7.95. The Morgan fingerprint density at radius 1 is 1.32 bits per heavy atom. The maximum atomic E-state index is 12.2. The number of aliphatic hydroxyl groups is 1. The van der Waals surface area contributed by atoms with Gasteiger partial charge in [0.2, 0.25) is 10.0 Å². The summed E-state index contributed by atoms with van der Waals surface area (Å²) in [6.07, 6.45) is 2.06. The fourth-order valence-electron chi connectivity index (χ4n) is 2.57. The number of aliphatic hydroxyl groups excluding tert-OH is 1. The molecule has 1 atom stereocenters. The molecule has 124 valence electrons. The number of nitrogens with one attached hydrogen (secondary N) is 1. The van der Waals surface area contributed by atoms with Gasteiger partial charge in [-0.05, 0) is 43.5 Å². The normalized spacial score (nSPS) is 20.2. The van der Waals surface area contributed by atoms with Gasteiger partial charge in [0.1, 0.15) is 0 Å². The predicted octanol–water partition coefficient (Wildman–Crippen LogP) is 1.98. The van der Waals surface area contributed by atoms with Crippen LogP contribution in [0.25, 0.3) is 0 Å². The van der Waals surface area contributed by atoms with Gasteiger partial charge in [-0.2, -0.15) is 0 Å². The molecule has 22 heavy (non-hydrogen) atoms. The van der Waals surface area contributed by atoms with E-state index in [1.807, 2.05) is 0 Å². The van der Waals surface area contributed by atoms with E-state index in [1.165, 1.54) is 18.2 Å². The molecule has 0 aliphatic carbocycles. The number of halogens is 2. The molecule has 0 spiro atoms. The lowest BCUT2D eigenvalue weighted by Crippen LogP contribution is -2.41. The molecule has 0 aromatic heterocycles. The van der Waals surface area contributed by atoms with Crippen LogP contribution in [0.3, 0.4) is 0 Å². The van der Waals surface area contributed by atoms with Gasteiger partial charge in [-0.3, -0.25) is 0 Å². The zero-order valence-electron chi connectivity index (χ0n) is 12.1. The molecule has 2 rings (SSSR count). The zero-order valence-corrected chi connectivity index (χ0v) is 14.5. The van der Waals surface area contributed by atoms with Crippen molar-refractivity contribution >= 4 is 33.2 Å². The van der Waals surface area contributed by atoms with Gasteiger partial charge in [-0.15, -0.1) is 0 Å². The topological polar surface area (TPSA) is 69.6 Å². The fraction of sp³-hybridized carbons (Fsp3) is 0.571. The summed E-state index contributed by atoms with van der Waals surface area (Å²) in [6.45, 7) is 2.87. The Morgan fingerprint density at radius 2 is 2.09 bits per heavy atom. The van der Waals surface area contributed by atoms with Gasteiger partial charge in [0.15, 0.2) is 0 Å². The highest BCUT2D eigenvalue weighted by atomic mass is 35.5. The van der Waals surface area contributed by atoms with Crippen LogP contribution in [0.4, 0.5) is 0 Å². The second-order valence-corrected chi connectivity index (χ2v) is 8.05. The molecule has 5 nitrogen and oxygen atoms in total. The number of likely N-dealkylation sites (tertiary alicyclic amines) is 1. The Morgan fingerprint density at radius 3 is 2.77 bits per heavy atom. The monoisotopic (exact) mass is 366 g/mol. The lowest BCUT2D eigenvalue weighted by Gasteiger charge is -2.31. The third-order valence-electron chi connectivity index (χ3n) is 3.78. The molecule has 0 unspecified atom stereocenters. The van der Waals surface area contributed by atoms with Crippen molar-refractivity contribution in [3.8, 4) is 0 Å². The molecule has 1 saturated heterocycles. The average molecular weight is 367 g/mol. The van der Waals surface area contributed by atoms with E-state index in [1.54, 1.807) is 0 Å². The van der Waals surface area contributed by atoms with E-state index in [0.717, 1.165) is 25.9 Å². The molecule has 0 radical (unpaired) electrons. The molecule has 0 saturated carbocycles. The second-order valence-electron chi connectivity index (χ2n) is 5.47. The number of hydrogen-bond acceptors (Lipinski definition) is 4. The van der Waals surface area contributed by atoms with Crippen LogP contribution in [0.5, 0.6) is 0 Å². The van der Waals surface area contributed by atoms with E-state index in [2.05, 4.69) is 9.62 Å². The molecular formula is C14H20Cl2N2O3S. The summed E-state index contributed by atoms with van der Waals surface area (Å²) in [5.41, 5.74) is 0. The van der Waals surface area contributed by atoms with Gasteiger partial charge in [0.05, 0.1) is 14.9 Å². The molecular weight excluding hydrogens is 347 g/mol. The number of hydrogen-bond donors (Lipinski definition) is 2. The van der Waals surface area contributed by atoms with Crippen LogP contribution in [0, 0.1) is 5.92 Å². The van der Waals surface area contributed by atoms with Gasteiger partial charge in [-0.1, -0.05) is 23.2 Å². The Kier molecular flexibility index (Phi) is 6.49. The van der Waals surface area contributed by atoms with E-state index < -0.39 is 10.0 Å². The highest BCUT2D eigenvalue weighted by Gasteiger charge is 2.20. The van der Waals surface area contributed by atoms with Gasteiger partial charge in [0.25, 0.3) is 0 Å². The van der Waals surface area contributed by atoms with Crippen LogP contribution in [0.1, 0.15) is 12.8 Å². The first-order chi connectivity index (χ1) is 10.4. The zero-order chi connectivity index (χ0) is 16.2. The fourth-order valence-corrected chi connectivity index (χ4v) is 3.98. The number of rotatable bonds is 6. The SMILES string of the molecule is O=S(=O)(NCCN1CCC[C@@H](CO)C1)c1ccc(Cl)c(Cl)c1. The molecule has 1 aliphatic heterocycles. The summed E-state index contributed by atoms with van der Waals surface area (Å²) in [6, 6.07) is 4.24. The van der Waals surface area contributed by atoms with Gasteiger partial charge in [-0.25, -0.2) is 13.1 Å². The number of benzene rings is 1.